The van der Waals surface area contributed by atoms with Crippen molar-refractivity contribution in [3.05, 3.63) is 29.6 Å². The molecule has 92 valence electrons. The van der Waals surface area contributed by atoms with Gasteiger partial charge >= 0.3 is 11.6 Å². The average molecular weight is 235 g/mol. The van der Waals surface area contributed by atoms with Crippen LogP contribution in [0.15, 0.2) is 12.5 Å². The summed E-state index contributed by atoms with van der Waals surface area (Å²) in [7, 11) is 0. The molecule has 0 bridgehead atoms. The zero-order valence-corrected chi connectivity index (χ0v) is 10.8. The van der Waals surface area contributed by atoms with Crippen molar-refractivity contribution in [2.45, 2.75) is 45.9 Å². The molecule has 0 fully saturated rings. The van der Waals surface area contributed by atoms with E-state index in [0.29, 0.717) is 0 Å². The van der Waals surface area contributed by atoms with Crippen LogP contribution in [0.2, 0.25) is 0 Å². The van der Waals surface area contributed by atoms with Gasteiger partial charge in [0.1, 0.15) is 11.9 Å². The van der Waals surface area contributed by atoms with E-state index in [9.17, 15) is 4.79 Å². The van der Waals surface area contributed by atoms with Gasteiger partial charge in [0.25, 0.3) is 0 Å². The molecule has 1 rings (SSSR count). The lowest BCUT2D eigenvalue weighted by atomic mass is 10.2. The Balaban J connectivity index is 2.90. The van der Waals surface area contributed by atoms with Gasteiger partial charge in [0.15, 0.2) is 5.69 Å². The summed E-state index contributed by atoms with van der Waals surface area (Å²) in [5.74, 6) is -0.475. The molecule has 0 aliphatic heterocycles. The summed E-state index contributed by atoms with van der Waals surface area (Å²) in [6.07, 6.45) is 3.00. The molecule has 5 nitrogen and oxygen atoms in total. The number of aromatic nitrogens is 2. The van der Waals surface area contributed by atoms with Crippen LogP contribution in [-0.4, -0.2) is 21.1 Å². The fourth-order valence-electron chi connectivity index (χ4n) is 1.12. The van der Waals surface area contributed by atoms with Crippen LogP contribution in [-0.2, 0) is 10.4 Å². The molecule has 0 aliphatic rings. The van der Waals surface area contributed by atoms with Crippen molar-refractivity contribution in [1.82, 2.24) is 9.55 Å². The average Bonchev–Trinajstić information content (AvgIpc) is 2.64. The maximum Gasteiger partial charge on any atom is 0.359 e. The number of nitrogens with zero attached hydrogens (tertiary/aromatic N) is 3. The molecule has 0 amide bonds. The predicted molar refractivity (Wildman–Crippen MR) is 63.3 cm³/mol. The lowest BCUT2D eigenvalue weighted by molar-refractivity contribution is 0.00633. The minimum atomic E-state index is -0.743. The lowest BCUT2D eigenvalue weighted by Gasteiger charge is -2.18. The van der Waals surface area contributed by atoms with Crippen molar-refractivity contribution >= 4 is 5.97 Å². The Hall–Kier alpha value is -1.83. The van der Waals surface area contributed by atoms with E-state index in [1.165, 1.54) is 12.5 Å². The number of carbonyl (C=O) groups excluding carboxylic acids is 1. The molecule has 1 heterocycles. The van der Waals surface area contributed by atoms with Gasteiger partial charge in [-0.3, -0.25) is 9.41 Å². The van der Waals surface area contributed by atoms with Gasteiger partial charge < -0.3 is 4.74 Å². The van der Waals surface area contributed by atoms with E-state index < -0.39 is 17.2 Å². The highest BCUT2D eigenvalue weighted by atomic mass is 16.6. The Morgan fingerprint density at radius 3 is 2.47 bits per heavy atom. The first-order valence-corrected chi connectivity index (χ1v) is 5.32. The number of esters is 1. The number of hydrogen-bond acceptors (Lipinski definition) is 3. The van der Waals surface area contributed by atoms with Gasteiger partial charge in [-0.2, -0.15) is 0 Å². The fourth-order valence-corrected chi connectivity index (χ4v) is 1.12. The second-order valence-corrected chi connectivity index (χ2v) is 5.27. The second kappa shape index (κ2) is 4.21. The molecule has 0 radical (unpaired) electrons. The molecule has 0 saturated heterocycles. The van der Waals surface area contributed by atoms with Gasteiger partial charge in [-0.05, 0) is 20.8 Å². The molecule has 0 spiro atoms. The maximum absolute atomic E-state index is 11.7. The Labute approximate surface area is 101 Å². The third-order valence-electron chi connectivity index (χ3n) is 2.10. The standard InChI is InChI=1S/C12H17N3O2/c1-11(2,3)17-10(16)9-7-15(8-14-9)12(4,5)13-6/h7-8H,1-5H3. The number of carbonyl (C=O) groups is 1. The van der Waals surface area contributed by atoms with Gasteiger partial charge in [0.2, 0.25) is 0 Å². The van der Waals surface area contributed by atoms with E-state index in [1.54, 1.807) is 39.2 Å². The molecule has 0 aromatic carbocycles. The molecule has 0 aliphatic carbocycles. The quantitative estimate of drug-likeness (QED) is 0.584. The highest BCUT2D eigenvalue weighted by Gasteiger charge is 2.27. The summed E-state index contributed by atoms with van der Waals surface area (Å²) in [5, 5.41) is 0. The predicted octanol–water partition coefficient (Wildman–Crippen LogP) is 2.45. The van der Waals surface area contributed by atoms with Crippen LogP contribution < -0.4 is 0 Å². The van der Waals surface area contributed by atoms with Crippen LogP contribution in [0.25, 0.3) is 4.85 Å². The van der Waals surface area contributed by atoms with E-state index in [4.69, 9.17) is 11.3 Å². The van der Waals surface area contributed by atoms with Crippen molar-refractivity contribution in [2.24, 2.45) is 0 Å². The molecular formula is C12H17N3O2. The maximum atomic E-state index is 11.7. The van der Waals surface area contributed by atoms with Crippen molar-refractivity contribution in [1.29, 1.82) is 0 Å². The van der Waals surface area contributed by atoms with Crippen molar-refractivity contribution in [3.8, 4) is 0 Å². The molecule has 0 saturated carbocycles. The molecule has 0 atom stereocenters. The van der Waals surface area contributed by atoms with Gasteiger partial charge in [-0.25, -0.2) is 16.4 Å². The third-order valence-corrected chi connectivity index (χ3v) is 2.10. The van der Waals surface area contributed by atoms with E-state index in [-0.39, 0.29) is 5.69 Å². The Morgan fingerprint density at radius 1 is 1.41 bits per heavy atom. The lowest BCUT2D eigenvalue weighted by Crippen LogP contribution is -2.24. The first-order chi connectivity index (χ1) is 7.65. The van der Waals surface area contributed by atoms with E-state index in [2.05, 4.69) is 9.83 Å². The van der Waals surface area contributed by atoms with Crippen molar-refractivity contribution < 1.29 is 9.53 Å². The summed E-state index contributed by atoms with van der Waals surface area (Å²) in [6.45, 7) is 16.0. The van der Waals surface area contributed by atoms with Gasteiger partial charge in [0.05, 0.1) is 0 Å². The van der Waals surface area contributed by atoms with Crippen LogP contribution in [0.5, 0.6) is 0 Å². The van der Waals surface area contributed by atoms with E-state index in [1.807, 2.05) is 0 Å². The first-order valence-electron chi connectivity index (χ1n) is 5.32. The number of hydrogen-bond donors (Lipinski definition) is 0. The minimum Gasteiger partial charge on any atom is -0.455 e. The number of rotatable bonds is 2. The first kappa shape index (κ1) is 13.2. The van der Waals surface area contributed by atoms with Crippen molar-refractivity contribution in [2.75, 3.05) is 0 Å². The van der Waals surface area contributed by atoms with Crippen LogP contribution in [0.4, 0.5) is 0 Å². The monoisotopic (exact) mass is 235 g/mol. The Morgan fingerprint density at radius 2 is 2.00 bits per heavy atom. The molecule has 5 heteroatoms. The van der Waals surface area contributed by atoms with Crippen molar-refractivity contribution in [3.63, 3.8) is 0 Å². The zero-order chi connectivity index (χ0) is 13.3. The van der Waals surface area contributed by atoms with Gasteiger partial charge in [-0.1, -0.05) is 0 Å². The topological polar surface area (TPSA) is 48.5 Å². The molecule has 1 aromatic heterocycles. The highest BCUT2D eigenvalue weighted by molar-refractivity contribution is 5.87. The highest BCUT2D eigenvalue weighted by Crippen LogP contribution is 2.18. The minimum absolute atomic E-state index is 0.219. The SMILES string of the molecule is [C-]#[N+]C(C)(C)n1cnc(C(=O)OC(C)(C)C)c1. The smallest absolute Gasteiger partial charge is 0.359 e. The van der Waals surface area contributed by atoms with Crippen LogP contribution >= 0.6 is 0 Å². The largest absolute Gasteiger partial charge is 0.455 e. The Kier molecular flexibility index (Phi) is 3.28. The van der Waals surface area contributed by atoms with E-state index in [0.717, 1.165) is 0 Å². The molecule has 1 aromatic rings. The molecular weight excluding hydrogens is 218 g/mol. The molecule has 0 unspecified atom stereocenters. The normalized spacial score (nSPS) is 12.0. The Bertz CT molecular complexity index is 461. The summed E-state index contributed by atoms with van der Waals surface area (Å²) < 4.78 is 6.79. The summed E-state index contributed by atoms with van der Waals surface area (Å²) in [5.41, 5.74) is -1.07. The second-order valence-electron chi connectivity index (χ2n) is 5.27. The molecule has 0 N–H and O–H groups in total. The summed E-state index contributed by atoms with van der Waals surface area (Å²) in [6, 6.07) is 0. The van der Waals surface area contributed by atoms with Crippen LogP contribution in [0.3, 0.4) is 0 Å². The van der Waals surface area contributed by atoms with Crippen LogP contribution in [0, 0.1) is 6.57 Å². The summed E-state index contributed by atoms with van der Waals surface area (Å²) >= 11 is 0. The number of imidazole rings is 1. The van der Waals surface area contributed by atoms with Crippen LogP contribution in [0.1, 0.15) is 45.1 Å². The third kappa shape index (κ3) is 3.31. The van der Waals surface area contributed by atoms with Gasteiger partial charge in [0, 0.05) is 20.0 Å². The number of ether oxygens (including phenoxy) is 1. The summed E-state index contributed by atoms with van der Waals surface area (Å²) in [4.78, 5) is 19.1. The van der Waals surface area contributed by atoms with E-state index >= 15 is 0 Å². The van der Waals surface area contributed by atoms with Gasteiger partial charge in [-0.15, -0.1) is 0 Å². The fraction of sp³-hybridized carbons (Fsp3) is 0.583. The zero-order valence-electron chi connectivity index (χ0n) is 10.8. The molecule has 17 heavy (non-hydrogen) atoms.